The second-order valence-electron chi connectivity index (χ2n) is 9.26. The van der Waals surface area contributed by atoms with Crippen molar-refractivity contribution in [2.45, 2.75) is 26.0 Å². The fourth-order valence-corrected chi connectivity index (χ4v) is 4.30. The Morgan fingerprint density at radius 1 is 1.19 bits per heavy atom. The average molecular weight is 492 g/mol. The van der Waals surface area contributed by atoms with Crippen molar-refractivity contribution in [2.24, 2.45) is 5.92 Å². The number of pyridine rings is 1. The van der Waals surface area contributed by atoms with Crippen LogP contribution in [0.15, 0.2) is 66.9 Å². The number of aliphatic hydroxyl groups excluding tert-OH is 1. The minimum absolute atomic E-state index is 0.179. The second kappa shape index (κ2) is 10.9. The highest BCUT2D eigenvalue weighted by molar-refractivity contribution is 5.98. The van der Waals surface area contributed by atoms with Gasteiger partial charge in [0.15, 0.2) is 0 Å². The summed E-state index contributed by atoms with van der Waals surface area (Å²) >= 11 is 0. The molecule has 1 aliphatic heterocycles. The first kappa shape index (κ1) is 25.3. The van der Waals surface area contributed by atoms with Crippen LogP contribution in [0.4, 0.5) is 4.39 Å². The summed E-state index contributed by atoms with van der Waals surface area (Å²) in [6, 6.07) is 16.5. The monoisotopic (exact) mass is 491 g/mol. The molecule has 8 heteroatoms. The van der Waals surface area contributed by atoms with Gasteiger partial charge in [-0.1, -0.05) is 43.3 Å². The molecule has 1 aromatic heterocycles. The molecule has 0 saturated carbocycles. The van der Waals surface area contributed by atoms with Crippen molar-refractivity contribution in [3.8, 4) is 17.0 Å². The van der Waals surface area contributed by atoms with Gasteiger partial charge in [-0.3, -0.25) is 9.59 Å². The molecular weight excluding hydrogens is 461 g/mol. The number of hydrogen-bond acceptors (Lipinski definition) is 5. The third-order valence-corrected chi connectivity index (χ3v) is 6.50. The summed E-state index contributed by atoms with van der Waals surface area (Å²) in [6.07, 6.45) is 1.16. The summed E-state index contributed by atoms with van der Waals surface area (Å²) in [4.78, 5) is 34.1. The van der Waals surface area contributed by atoms with Gasteiger partial charge in [-0.25, -0.2) is 9.37 Å². The highest BCUT2D eigenvalue weighted by Crippen LogP contribution is 2.30. The number of amides is 2. The molecule has 7 nitrogen and oxygen atoms in total. The third-order valence-electron chi connectivity index (χ3n) is 6.50. The lowest BCUT2D eigenvalue weighted by Crippen LogP contribution is -2.50. The Balaban J connectivity index is 1.67. The van der Waals surface area contributed by atoms with Gasteiger partial charge in [0, 0.05) is 36.8 Å². The Morgan fingerprint density at radius 3 is 2.64 bits per heavy atom. The quantitative estimate of drug-likeness (QED) is 0.566. The molecule has 0 radical (unpaired) electrons. The fourth-order valence-electron chi connectivity index (χ4n) is 4.30. The van der Waals surface area contributed by atoms with Crippen LogP contribution < -0.4 is 4.74 Å². The Morgan fingerprint density at radius 2 is 1.94 bits per heavy atom. The zero-order valence-corrected chi connectivity index (χ0v) is 20.6. The molecule has 188 valence electrons. The SMILES string of the molecule is C[C@H]1CN([C@@H](C)CO)C(=O)c2cc(-c3ccccc3)cnc2O[C@H]1CN(C)C(=O)c1cccc(F)c1. The van der Waals surface area contributed by atoms with Gasteiger partial charge in [-0.05, 0) is 36.8 Å². The lowest BCUT2D eigenvalue weighted by molar-refractivity contribution is 0.0313. The first-order valence-corrected chi connectivity index (χ1v) is 11.9. The smallest absolute Gasteiger partial charge is 0.259 e. The van der Waals surface area contributed by atoms with E-state index in [4.69, 9.17) is 4.74 Å². The largest absolute Gasteiger partial charge is 0.472 e. The minimum atomic E-state index is -0.497. The zero-order chi connectivity index (χ0) is 25.8. The summed E-state index contributed by atoms with van der Waals surface area (Å²) < 4.78 is 19.9. The van der Waals surface area contributed by atoms with Crippen LogP contribution in [0.3, 0.4) is 0 Å². The Kier molecular flexibility index (Phi) is 7.64. The van der Waals surface area contributed by atoms with Crippen LogP contribution in [0.5, 0.6) is 5.88 Å². The Bertz CT molecular complexity index is 1240. The van der Waals surface area contributed by atoms with Gasteiger partial charge in [-0.15, -0.1) is 0 Å². The van der Waals surface area contributed by atoms with E-state index in [1.807, 2.05) is 37.3 Å². The van der Waals surface area contributed by atoms with Crippen molar-refractivity contribution in [1.82, 2.24) is 14.8 Å². The van der Waals surface area contributed by atoms with Gasteiger partial charge in [-0.2, -0.15) is 0 Å². The van der Waals surface area contributed by atoms with Crippen molar-refractivity contribution in [3.05, 3.63) is 83.8 Å². The van der Waals surface area contributed by atoms with Crippen LogP contribution in [0.1, 0.15) is 34.6 Å². The summed E-state index contributed by atoms with van der Waals surface area (Å²) in [5.74, 6) is -1.10. The first-order chi connectivity index (χ1) is 17.3. The molecule has 36 heavy (non-hydrogen) atoms. The van der Waals surface area contributed by atoms with Crippen molar-refractivity contribution in [3.63, 3.8) is 0 Å². The molecule has 0 spiro atoms. The summed E-state index contributed by atoms with van der Waals surface area (Å²) in [5, 5.41) is 9.84. The molecule has 0 aliphatic carbocycles. The van der Waals surface area contributed by atoms with Gasteiger partial charge >= 0.3 is 0 Å². The average Bonchev–Trinajstić information content (AvgIpc) is 2.90. The Labute approximate surface area is 210 Å². The lowest BCUT2D eigenvalue weighted by atomic mass is 9.99. The second-order valence-corrected chi connectivity index (χ2v) is 9.26. The molecule has 2 heterocycles. The van der Waals surface area contributed by atoms with Gasteiger partial charge in [0.05, 0.1) is 19.2 Å². The van der Waals surface area contributed by atoms with Crippen molar-refractivity contribution >= 4 is 11.8 Å². The Hall–Kier alpha value is -3.78. The lowest BCUT2D eigenvalue weighted by Gasteiger charge is -2.37. The van der Waals surface area contributed by atoms with Crippen LogP contribution in [0.2, 0.25) is 0 Å². The maximum absolute atomic E-state index is 13.7. The predicted octanol–water partition coefficient (Wildman–Crippen LogP) is 3.88. The first-order valence-electron chi connectivity index (χ1n) is 11.9. The topological polar surface area (TPSA) is 83.0 Å². The van der Waals surface area contributed by atoms with E-state index in [1.165, 1.54) is 23.1 Å². The molecule has 0 saturated heterocycles. The third kappa shape index (κ3) is 5.39. The van der Waals surface area contributed by atoms with Crippen LogP contribution in [0.25, 0.3) is 11.1 Å². The predicted molar refractivity (Wildman–Crippen MR) is 134 cm³/mol. The summed E-state index contributed by atoms with van der Waals surface area (Å²) in [6.45, 7) is 4.05. The highest BCUT2D eigenvalue weighted by atomic mass is 19.1. The van der Waals surface area contributed by atoms with E-state index in [0.717, 1.165) is 11.1 Å². The van der Waals surface area contributed by atoms with E-state index < -0.39 is 18.0 Å². The number of aliphatic hydroxyl groups is 1. The number of hydrogen-bond donors (Lipinski definition) is 1. The molecule has 2 amide bonds. The number of carbonyl (C=O) groups is 2. The van der Waals surface area contributed by atoms with E-state index in [-0.39, 0.29) is 42.3 Å². The normalized spacial score (nSPS) is 18.5. The van der Waals surface area contributed by atoms with Gasteiger partial charge in [0.2, 0.25) is 5.88 Å². The number of benzene rings is 2. The van der Waals surface area contributed by atoms with E-state index in [2.05, 4.69) is 4.98 Å². The number of likely N-dealkylation sites (N-methyl/N-ethyl adjacent to an activating group) is 1. The molecule has 1 aliphatic rings. The van der Waals surface area contributed by atoms with E-state index >= 15 is 0 Å². The number of rotatable bonds is 6. The summed E-state index contributed by atoms with van der Waals surface area (Å²) in [5.41, 5.74) is 2.22. The number of nitrogens with zero attached hydrogens (tertiary/aromatic N) is 3. The molecule has 1 N–H and O–H groups in total. The van der Waals surface area contributed by atoms with E-state index in [0.29, 0.717) is 12.1 Å². The fraction of sp³-hybridized carbons (Fsp3) is 0.321. The number of carbonyl (C=O) groups excluding carboxylic acids is 2. The molecule has 2 aromatic carbocycles. The maximum atomic E-state index is 13.7. The number of aromatic nitrogens is 1. The molecule has 0 bridgehead atoms. The zero-order valence-electron chi connectivity index (χ0n) is 20.6. The highest BCUT2D eigenvalue weighted by Gasteiger charge is 2.35. The van der Waals surface area contributed by atoms with Gasteiger partial charge in [0.25, 0.3) is 11.8 Å². The van der Waals surface area contributed by atoms with Crippen molar-refractivity contribution in [2.75, 3.05) is 26.7 Å². The van der Waals surface area contributed by atoms with E-state index in [9.17, 15) is 19.1 Å². The van der Waals surface area contributed by atoms with Crippen molar-refractivity contribution < 1.29 is 23.8 Å². The number of fused-ring (bicyclic) bond motifs is 1. The van der Waals surface area contributed by atoms with Gasteiger partial charge in [0.1, 0.15) is 17.5 Å². The van der Waals surface area contributed by atoms with Crippen LogP contribution in [-0.2, 0) is 0 Å². The van der Waals surface area contributed by atoms with Crippen LogP contribution in [-0.4, -0.2) is 70.6 Å². The molecule has 4 rings (SSSR count). The molecule has 3 atom stereocenters. The minimum Gasteiger partial charge on any atom is -0.472 e. The van der Waals surface area contributed by atoms with Crippen LogP contribution in [0, 0.1) is 11.7 Å². The maximum Gasteiger partial charge on any atom is 0.259 e. The summed E-state index contributed by atoms with van der Waals surface area (Å²) in [7, 11) is 1.63. The number of ether oxygens (including phenoxy) is 1. The number of halogens is 1. The molecule has 0 fully saturated rings. The molecule has 0 unspecified atom stereocenters. The van der Waals surface area contributed by atoms with E-state index in [1.54, 1.807) is 37.2 Å². The standard InChI is InChI=1S/C28H30FN3O4/c1-18-15-32(19(2)17-33)28(35)24-13-22(20-8-5-4-6-9-20)14-30-26(24)36-25(18)16-31(3)27(34)21-10-7-11-23(29)12-21/h4-14,18-19,25,33H,15-17H2,1-3H3/t18-,19-,25-/m0/s1. The van der Waals surface area contributed by atoms with Crippen molar-refractivity contribution in [1.29, 1.82) is 0 Å². The van der Waals surface area contributed by atoms with Gasteiger partial charge < -0.3 is 19.6 Å². The molecular formula is C28H30FN3O4. The molecule has 3 aromatic rings. The van der Waals surface area contributed by atoms with Crippen LogP contribution >= 0.6 is 0 Å².